The number of ether oxygens (including phenoxy) is 1. The number of halogens is 1. The van der Waals surface area contributed by atoms with E-state index in [0.29, 0.717) is 19.0 Å². The number of thiophene rings is 1. The van der Waals surface area contributed by atoms with E-state index in [1.165, 1.54) is 0 Å². The normalized spacial score (nSPS) is 12.4. The number of amides is 1. The summed E-state index contributed by atoms with van der Waals surface area (Å²) in [5, 5.41) is 3.15. The lowest BCUT2D eigenvalue weighted by Crippen LogP contribution is -2.38. The molecule has 2 rings (SSSR count). The highest BCUT2D eigenvalue weighted by Crippen LogP contribution is 2.24. The number of nitrogens with one attached hydrogen (secondary N) is 1. The third kappa shape index (κ3) is 6.03. The summed E-state index contributed by atoms with van der Waals surface area (Å²) in [6.07, 6.45) is 0. The van der Waals surface area contributed by atoms with Crippen LogP contribution in [0.15, 0.2) is 36.4 Å². The topological polar surface area (TPSA) is 41.6 Å². The van der Waals surface area contributed by atoms with Gasteiger partial charge in [0.1, 0.15) is 5.75 Å². The highest BCUT2D eigenvalue weighted by Gasteiger charge is 2.19. The number of benzene rings is 1. The lowest BCUT2D eigenvalue weighted by molar-refractivity contribution is -0.123. The second kappa shape index (κ2) is 9.22. The van der Waals surface area contributed by atoms with Gasteiger partial charge < -0.3 is 10.1 Å². The zero-order valence-corrected chi connectivity index (χ0v) is 16.7. The van der Waals surface area contributed by atoms with Gasteiger partial charge in [0, 0.05) is 11.4 Å². The molecule has 0 radical (unpaired) electrons. The van der Waals surface area contributed by atoms with Crippen molar-refractivity contribution in [3.63, 3.8) is 0 Å². The maximum absolute atomic E-state index is 12.5. The minimum Gasteiger partial charge on any atom is -0.497 e. The molecular weight excluding hydrogens is 356 g/mol. The Morgan fingerprint density at radius 1 is 1.24 bits per heavy atom. The van der Waals surface area contributed by atoms with Gasteiger partial charge in [0.2, 0.25) is 5.91 Å². The number of likely N-dealkylation sites (N-methyl/N-ethyl adjacent to an activating group) is 1. The summed E-state index contributed by atoms with van der Waals surface area (Å²) in [6, 6.07) is 11.7. The van der Waals surface area contributed by atoms with E-state index in [4.69, 9.17) is 16.3 Å². The molecule has 4 nitrogen and oxygen atoms in total. The molecule has 2 aromatic rings. The Balaban J connectivity index is 1.94. The molecule has 0 aliphatic heterocycles. The maximum atomic E-state index is 12.5. The number of hydrogen-bond acceptors (Lipinski definition) is 4. The summed E-state index contributed by atoms with van der Waals surface area (Å²) in [5.74, 6) is 1.12. The van der Waals surface area contributed by atoms with Gasteiger partial charge in [-0.05, 0) is 42.8 Å². The van der Waals surface area contributed by atoms with Crippen molar-refractivity contribution >= 4 is 28.8 Å². The summed E-state index contributed by atoms with van der Waals surface area (Å²) >= 11 is 7.50. The molecule has 1 amide bonds. The predicted octanol–water partition coefficient (Wildman–Crippen LogP) is 4.36. The molecule has 0 aliphatic carbocycles. The molecule has 136 valence electrons. The first-order valence-corrected chi connectivity index (χ1v) is 9.44. The van der Waals surface area contributed by atoms with E-state index in [0.717, 1.165) is 20.5 Å². The summed E-state index contributed by atoms with van der Waals surface area (Å²) in [6.45, 7) is 5.26. The third-order valence-corrected chi connectivity index (χ3v) is 5.14. The Bertz CT molecular complexity index is 685. The molecular formula is C19H25ClN2O2S. The van der Waals surface area contributed by atoms with Crippen molar-refractivity contribution in [3.8, 4) is 5.75 Å². The Hall–Kier alpha value is -1.56. The minimum atomic E-state index is -0.0250. The van der Waals surface area contributed by atoms with E-state index in [9.17, 15) is 4.79 Å². The standard InChI is InChI=1S/C19H25ClN2O2S/c1-13(2)19(14-5-7-15(24-4)8-6-14)21-18(23)12-22(3)11-16-9-10-17(20)25-16/h5-10,13,19H,11-12H2,1-4H3,(H,21,23). The van der Waals surface area contributed by atoms with Crippen LogP contribution in [0, 0.1) is 5.92 Å². The van der Waals surface area contributed by atoms with E-state index >= 15 is 0 Å². The average molecular weight is 381 g/mol. The zero-order valence-electron chi connectivity index (χ0n) is 15.1. The SMILES string of the molecule is COc1ccc(C(NC(=O)CN(C)Cc2ccc(Cl)s2)C(C)C)cc1. The Kier molecular flexibility index (Phi) is 7.29. The van der Waals surface area contributed by atoms with Crippen molar-refractivity contribution in [2.24, 2.45) is 5.92 Å². The van der Waals surface area contributed by atoms with Crippen LogP contribution in [0.25, 0.3) is 0 Å². The van der Waals surface area contributed by atoms with Crippen molar-refractivity contribution in [2.75, 3.05) is 20.7 Å². The average Bonchev–Trinajstić information content (AvgIpc) is 2.97. The minimum absolute atomic E-state index is 0.0136. The molecule has 1 unspecified atom stereocenters. The first kappa shape index (κ1) is 19.8. The second-order valence-corrected chi connectivity index (χ2v) is 8.24. The van der Waals surface area contributed by atoms with Gasteiger partial charge in [-0.2, -0.15) is 0 Å². The fraction of sp³-hybridized carbons (Fsp3) is 0.421. The molecule has 1 atom stereocenters. The largest absolute Gasteiger partial charge is 0.497 e. The van der Waals surface area contributed by atoms with Gasteiger partial charge in [-0.25, -0.2) is 0 Å². The van der Waals surface area contributed by atoms with E-state index < -0.39 is 0 Å². The maximum Gasteiger partial charge on any atom is 0.234 e. The first-order valence-electron chi connectivity index (χ1n) is 8.25. The fourth-order valence-corrected chi connectivity index (χ4v) is 3.84. The number of hydrogen-bond donors (Lipinski definition) is 1. The van der Waals surface area contributed by atoms with E-state index in [2.05, 4.69) is 19.2 Å². The van der Waals surface area contributed by atoms with Crippen molar-refractivity contribution < 1.29 is 9.53 Å². The molecule has 6 heteroatoms. The van der Waals surface area contributed by atoms with Crippen LogP contribution in [0.4, 0.5) is 0 Å². The molecule has 1 heterocycles. The monoisotopic (exact) mass is 380 g/mol. The predicted molar refractivity (Wildman–Crippen MR) is 104 cm³/mol. The van der Waals surface area contributed by atoms with Crippen LogP contribution in [0.1, 0.15) is 30.3 Å². The Morgan fingerprint density at radius 2 is 1.92 bits per heavy atom. The van der Waals surface area contributed by atoms with E-state index in [1.54, 1.807) is 18.4 Å². The van der Waals surface area contributed by atoms with Crippen LogP contribution in [-0.2, 0) is 11.3 Å². The van der Waals surface area contributed by atoms with Gasteiger partial charge in [0.25, 0.3) is 0 Å². The van der Waals surface area contributed by atoms with Crippen molar-refractivity contribution in [3.05, 3.63) is 51.2 Å². The molecule has 0 fully saturated rings. The highest BCUT2D eigenvalue weighted by atomic mass is 35.5. The summed E-state index contributed by atoms with van der Waals surface area (Å²) < 4.78 is 5.97. The zero-order chi connectivity index (χ0) is 18.4. The number of carbonyl (C=O) groups excluding carboxylic acids is 1. The van der Waals surface area contributed by atoms with E-state index in [-0.39, 0.29) is 11.9 Å². The van der Waals surface area contributed by atoms with Crippen molar-refractivity contribution in [1.82, 2.24) is 10.2 Å². The first-order chi connectivity index (χ1) is 11.9. The molecule has 0 bridgehead atoms. The fourth-order valence-electron chi connectivity index (χ4n) is 2.67. The molecule has 1 aromatic carbocycles. The van der Waals surface area contributed by atoms with Crippen molar-refractivity contribution in [1.29, 1.82) is 0 Å². The van der Waals surface area contributed by atoms with Gasteiger partial charge >= 0.3 is 0 Å². The molecule has 1 N–H and O–H groups in total. The van der Waals surface area contributed by atoms with Crippen molar-refractivity contribution in [2.45, 2.75) is 26.4 Å². The molecule has 25 heavy (non-hydrogen) atoms. The molecule has 1 aromatic heterocycles. The number of methoxy groups -OCH3 is 1. The van der Waals surface area contributed by atoms with Gasteiger partial charge in [0.05, 0.1) is 24.0 Å². The second-order valence-electron chi connectivity index (χ2n) is 6.44. The smallest absolute Gasteiger partial charge is 0.234 e. The molecule has 0 spiro atoms. The number of nitrogens with zero attached hydrogens (tertiary/aromatic N) is 1. The lowest BCUT2D eigenvalue weighted by atomic mass is 9.96. The summed E-state index contributed by atoms with van der Waals surface area (Å²) in [4.78, 5) is 15.6. The van der Waals surface area contributed by atoms with Crippen LogP contribution >= 0.6 is 22.9 Å². The molecule has 0 saturated carbocycles. The number of carbonyl (C=O) groups is 1. The third-order valence-electron chi connectivity index (χ3n) is 3.93. The van der Waals surface area contributed by atoms with Gasteiger partial charge in [-0.1, -0.05) is 37.6 Å². The lowest BCUT2D eigenvalue weighted by Gasteiger charge is -2.24. The van der Waals surface area contributed by atoms with Crippen LogP contribution in [0.5, 0.6) is 5.75 Å². The van der Waals surface area contributed by atoms with Gasteiger partial charge in [-0.3, -0.25) is 9.69 Å². The van der Waals surface area contributed by atoms with Gasteiger partial charge in [0.15, 0.2) is 0 Å². The Morgan fingerprint density at radius 3 is 2.44 bits per heavy atom. The van der Waals surface area contributed by atoms with Gasteiger partial charge in [-0.15, -0.1) is 11.3 Å². The number of rotatable bonds is 8. The summed E-state index contributed by atoms with van der Waals surface area (Å²) in [5.41, 5.74) is 1.08. The summed E-state index contributed by atoms with van der Waals surface area (Å²) in [7, 11) is 3.58. The Labute approximate surface area is 158 Å². The van der Waals surface area contributed by atoms with Crippen LogP contribution in [0.2, 0.25) is 4.34 Å². The molecule has 0 aliphatic rings. The van der Waals surface area contributed by atoms with Crippen LogP contribution < -0.4 is 10.1 Å². The molecule has 0 saturated heterocycles. The van der Waals surface area contributed by atoms with Crippen LogP contribution in [-0.4, -0.2) is 31.5 Å². The van der Waals surface area contributed by atoms with E-state index in [1.807, 2.05) is 48.3 Å². The van der Waals surface area contributed by atoms with Crippen LogP contribution in [0.3, 0.4) is 0 Å². The highest BCUT2D eigenvalue weighted by molar-refractivity contribution is 7.16. The quantitative estimate of drug-likeness (QED) is 0.740.